The maximum absolute atomic E-state index is 6.30. The van der Waals surface area contributed by atoms with E-state index in [4.69, 9.17) is 16.3 Å². The van der Waals surface area contributed by atoms with Gasteiger partial charge in [-0.15, -0.1) is 11.6 Å². The first-order valence-electron chi connectivity index (χ1n) is 5.45. The first-order chi connectivity index (χ1) is 7.47. The monoisotopic (exact) mass is 241 g/mol. The minimum atomic E-state index is -0.156. The Labute approximate surface area is 103 Å². The van der Waals surface area contributed by atoms with Gasteiger partial charge in [-0.2, -0.15) is 0 Å². The van der Waals surface area contributed by atoms with Gasteiger partial charge in [-0.1, -0.05) is 26.0 Å². The van der Waals surface area contributed by atoms with Crippen LogP contribution in [0.4, 0.5) is 0 Å². The number of methoxy groups -OCH3 is 1. The summed E-state index contributed by atoms with van der Waals surface area (Å²) in [5.41, 5.74) is 2.12. The molecule has 1 atom stereocenters. The van der Waals surface area contributed by atoms with Crippen LogP contribution in [-0.4, -0.2) is 26.1 Å². The first kappa shape index (κ1) is 13.3. The number of halogens is 1. The van der Waals surface area contributed by atoms with E-state index in [2.05, 4.69) is 26.0 Å². The molecule has 0 heterocycles. The molecule has 0 spiro atoms. The van der Waals surface area contributed by atoms with Crippen LogP contribution in [0.2, 0.25) is 0 Å². The van der Waals surface area contributed by atoms with E-state index in [-0.39, 0.29) is 5.50 Å². The van der Waals surface area contributed by atoms with Gasteiger partial charge in [0.15, 0.2) is 0 Å². The third kappa shape index (κ3) is 2.89. The van der Waals surface area contributed by atoms with Gasteiger partial charge in [0.25, 0.3) is 0 Å². The standard InChI is InChI=1S/C13H20ClNO/c1-9(2)10-6-7-11(12(8-10)16-5)13(14)15(3)4/h6-9,13H,1-5H3. The Bertz CT molecular complexity index is 350. The van der Waals surface area contributed by atoms with E-state index < -0.39 is 0 Å². The summed E-state index contributed by atoms with van der Waals surface area (Å²) >= 11 is 6.30. The average Bonchev–Trinajstić information content (AvgIpc) is 2.26. The largest absolute Gasteiger partial charge is 0.496 e. The molecular formula is C13H20ClNO. The molecule has 0 saturated carbocycles. The van der Waals surface area contributed by atoms with Crippen molar-refractivity contribution in [1.29, 1.82) is 0 Å². The van der Waals surface area contributed by atoms with E-state index in [0.29, 0.717) is 5.92 Å². The molecule has 0 amide bonds. The second-order valence-corrected chi connectivity index (χ2v) is 4.87. The van der Waals surface area contributed by atoms with Crippen molar-refractivity contribution in [2.45, 2.75) is 25.3 Å². The Morgan fingerprint density at radius 2 is 1.88 bits per heavy atom. The van der Waals surface area contributed by atoms with E-state index in [1.54, 1.807) is 7.11 Å². The molecule has 0 saturated heterocycles. The normalized spacial score (nSPS) is 13.2. The van der Waals surface area contributed by atoms with Gasteiger partial charge in [-0.3, -0.25) is 4.90 Å². The van der Waals surface area contributed by atoms with Gasteiger partial charge in [0, 0.05) is 5.56 Å². The van der Waals surface area contributed by atoms with Crippen LogP contribution < -0.4 is 4.74 Å². The van der Waals surface area contributed by atoms with Crippen molar-refractivity contribution in [2.75, 3.05) is 21.2 Å². The van der Waals surface area contributed by atoms with E-state index in [1.807, 2.05) is 25.1 Å². The maximum atomic E-state index is 6.30. The minimum absolute atomic E-state index is 0.156. The summed E-state index contributed by atoms with van der Waals surface area (Å²) in [6, 6.07) is 6.23. The van der Waals surface area contributed by atoms with Crippen LogP contribution in [0.25, 0.3) is 0 Å². The van der Waals surface area contributed by atoms with Crippen LogP contribution in [0.1, 0.15) is 36.4 Å². The fourth-order valence-electron chi connectivity index (χ4n) is 1.56. The summed E-state index contributed by atoms with van der Waals surface area (Å²) in [6.45, 7) is 4.33. The summed E-state index contributed by atoms with van der Waals surface area (Å²) in [7, 11) is 5.59. The molecule has 0 N–H and O–H groups in total. The fourth-order valence-corrected chi connectivity index (χ4v) is 1.74. The molecular weight excluding hydrogens is 222 g/mol. The number of benzene rings is 1. The lowest BCUT2D eigenvalue weighted by molar-refractivity contribution is 0.359. The zero-order valence-electron chi connectivity index (χ0n) is 10.6. The van der Waals surface area contributed by atoms with Crippen LogP contribution >= 0.6 is 11.6 Å². The number of ether oxygens (including phenoxy) is 1. The lowest BCUT2D eigenvalue weighted by atomic mass is 10.0. The number of alkyl halides is 1. The Morgan fingerprint density at radius 3 is 2.31 bits per heavy atom. The van der Waals surface area contributed by atoms with Gasteiger partial charge >= 0.3 is 0 Å². The molecule has 1 rings (SSSR count). The summed E-state index contributed by atoms with van der Waals surface area (Å²) in [5, 5.41) is 0. The highest BCUT2D eigenvalue weighted by Crippen LogP contribution is 2.33. The van der Waals surface area contributed by atoms with Gasteiger partial charge < -0.3 is 4.74 Å². The third-order valence-electron chi connectivity index (χ3n) is 2.63. The third-order valence-corrected chi connectivity index (χ3v) is 3.26. The molecule has 0 bridgehead atoms. The summed E-state index contributed by atoms with van der Waals surface area (Å²) in [5.74, 6) is 1.36. The van der Waals surface area contributed by atoms with Gasteiger partial charge in [0.1, 0.15) is 11.3 Å². The fraction of sp³-hybridized carbons (Fsp3) is 0.538. The maximum Gasteiger partial charge on any atom is 0.125 e. The van der Waals surface area contributed by atoms with Gasteiger partial charge in [0.2, 0.25) is 0 Å². The van der Waals surface area contributed by atoms with E-state index in [0.717, 1.165) is 11.3 Å². The Hall–Kier alpha value is -0.730. The van der Waals surface area contributed by atoms with Gasteiger partial charge in [-0.05, 0) is 31.6 Å². The molecule has 0 aromatic heterocycles. The van der Waals surface area contributed by atoms with Crippen LogP contribution in [0.15, 0.2) is 18.2 Å². The molecule has 0 aliphatic rings. The predicted molar refractivity (Wildman–Crippen MR) is 69.4 cm³/mol. The van der Waals surface area contributed by atoms with Crippen molar-refractivity contribution in [3.8, 4) is 5.75 Å². The summed E-state index contributed by atoms with van der Waals surface area (Å²) < 4.78 is 5.40. The molecule has 0 aliphatic heterocycles. The molecule has 3 heteroatoms. The first-order valence-corrected chi connectivity index (χ1v) is 5.89. The lowest BCUT2D eigenvalue weighted by Gasteiger charge is -2.21. The second kappa shape index (κ2) is 5.55. The number of nitrogens with zero attached hydrogens (tertiary/aromatic N) is 1. The highest BCUT2D eigenvalue weighted by atomic mass is 35.5. The molecule has 2 nitrogen and oxygen atoms in total. The van der Waals surface area contributed by atoms with Crippen LogP contribution in [0.3, 0.4) is 0 Å². The zero-order valence-corrected chi connectivity index (χ0v) is 11.4. The molecule has 1 aromatic rings. The van der Waals surface area contributed by atoms with E-state index in [1.165, 1.54) is 5.56 Å². The second-order valence-electron chi connectivity index (χ2n) is 4.46. The Kier molecular flexibility index (Phi) is 4.63. The number of rotatable bonds is 4. The summed E-state index contributed by atoms with van der Waals surface area (Å²) in [4.78, 5) is 1.95. The van der Waals surface area contributed by atoms with Gasteiger partial charge in [0.05, 0.1) is 7.11 Å². The molecule has 1 unspecified atom stereocenters. The van der Waals surface area contributed by atoms with E-state index >= 15 is 0 Å². The van der Waals surface area contributed by atoms with Crippen molar-refractivity contribution >= 4 is 11.6 Å². The highest BCUT2D eigenvalue weighted by molar-refractivity contribution is 6.20. The summed E-state index contributed by atoms with van der Waals surface area (Å²) in [6.07, 6.45) is 0. The topological polar surface area (TPSA) is 12.5 Å². The van der Waals surface area contributed by atoms with Crippen LogP contribution in [-0.2, 0) is 0 Å². The minimum Gasteiger partial charge on any atom is -0.496 e. The van der Waals surface area contributed by atoms with Gasteiger partial charge in [-0.25, -0.2) is 0 Å². The lowest BCUT2D eigenvalue weighted by Crippen LogP contribution is -2.15. The molecule has 90 valence electrons. The number of hydrogen-bond acceptors (Lipinski definition) is 2. The van der Waals surface area contributed by atoms with E-state index in [9.17, 15) is 0 Å². The zero-order chi connectivity index (χ0) is 12.3. The average molecular weight is 242 g/mol. The Balaban J connectivity index is 3.11. The molecule has 16 heavy (non-hydrogen) atoms. The quantitative estimate of drug-likeness (QED) is 0.590. The molecule has 0 radical (unpaired) electrons. The van der Waals surface area contributed by atoms with Crippen molar-refractivity contribution in [2.24, 2.45) is 0 Å². The van der Waals surface area contributed by atoms with Crippen molar-refractivity contribution in [3.63, 3.8) is 0 Å². The molecule has 0 fully saturated rings. The van der Waals surface area contributed by atoms with Crippen molar-refractivity contribution in [3.05, 3.63) is 29.3 Å². The highest BCUT2D eigenvalue weighted by Gasteiger charge is 2.16. The number of hydrogen-bond donors (Lipinski definition) is 0. The SMILES string of the molecule is COc1cc(C(C)C)ccc1C(Cl)N(C)C. The Morgan fingerprint density at radius 1 is 1.25 bits per heavy atom. The van der Waals surface area contributed by atoms with Crippen LogP contribution in [0, 0.1) is 0 Å². The van der Waals surface area contributed by atoms with Crippen molar-refractivity contribution in [1.82, 2.24) is 4.90 Å². The molecule has 1 aromatic carbocycles. The smallest absolute Gasteiger partial charge is 0.125 e. The van der Waals surface area contributed by atoms with Crippen LogP contribution in [0.5, 0.6) is 5.75 Å². The van der Waals surface area contributed by atoms with Crippen molar-refractivity contribution < 1.29 is 4.74 Å². The predicted octanol–water partition coefficient (Wildman–Crippen LogP) is 3.62. The molecule has 0 aliphatic carbocycles.